The maximum atomic E-state index is 13.6. The molecule has 0 radical (unpaired) electrons. The SMILES string of the molecule is COc1ccc(COc2c3c(c(N(C)S(C)(=O)=O)c4cc(Cc5ccc(F)cc5)cnc24)CN(S(C)(=O)=O)C3=O)cc1. The topological polar surface area (TPSA) is 123 Å². The van der Waals surface area contributed by atoms with Crippen LogP contribution in [0.4, 0.5) is 10.1 Å². The molecular weight excluding hydrogens is 585 g/mol. The van der Waals surface area contributed by atoms with Gasteiger partial charge in [0, 0.05) is 24.2 Å². The van der Waals surface area contributed by atoms with Crippen LogP contribution in [-0.2, 0) is 39.6 Å². The van der Waals surface area contributed by atoms with Crippen molar-refractivity contribution in [2.24, 2.45) is 0 Å². The summed E-state index contributed by atoms with van der Waals surface area (Å²) in [6.45, 7) is -0.364. The van der Waals surface area contributed by atoms with Crippen molar-refractivity contribution in [3.8, 4) is 11.5 Å². The second-order valence-corrected chi connectivity index (χ2v) is 13.9. The van der Waals surface area contributed by atoms with Crippen LogP contribution in [-0.4, -0.2) is 58.7 Å². The van der Waals surface area contributed by atoms with Crippen molar-refractivity contribution in [1.29, 1.82) is 0 Å². The fourth-order valence-electron chi connectivity index (χ4n) is 4.87. The van der Waals surface area contributed by atoms with Crippen molar-refractivity contribution in [3.05, 3.63) is 94.4 Å². The molecule has 4 aromatic rings. The normalized spacial score (nSPS) is 13.4. The molecule has 0 fully saturated rings. The molecule has 0 atom stereocenters. The summed E-state index contributed by atoms with van der Waals surface area (Å²) in [6.07, 6.45) is 3.85. The van der Waals surface area contributed by atoms with Crippen LogP contribution in [0.1, 0.15) is 32.6 Å². The minimum Gasteiger partial charge on any atom is -0.497 e. The maximum absolute atomic E-state index is 13.6. The lowest BCUT2D eigenvalue weighted by Crippen LogP contribution is -2.30. The van der Waals surface area contributed by atoms with E-state index in [0.717, 1.165) is 27.9 Å². The monoisotopic (exact) mass is 613 g/mol. The first kappa shape index (κ1) is 29.3. The van der Waals surface area contributed by atoms with Crippen molar-refractivity contribution in [3.63, 3.8) is 0 Å². The second kappa shape index (κ2) is 10.9. The molecule has 1 aliphatic heterocycles. The van der Waals surface area contributed by atoms with Gasteiger partial charge in [0.15, 0.2) is 5.75 Å². The number of nitrogens with zero attached hydrogens (tertiary/aromatic N) is 3. The molecule has 0 saturated carbocycles. The highest BCUT2D eigenvalue weighted by atomic mass is 32.2. The highest BCUT2D eigenvalue weighted by molar-refractivity contribution is 7.92. The summed E-state index contributed by atoms with van der Waals surface area (Å²) in [5.41, 5.74) is 2.68. The Kier molecular flexibility index (Phi) is 7.58. The van der Waals surface area contributed by atoms with E-state index in [0.29, 0.717) is 27.4 Å². The van der Waals surface area contributed by atoms with E-state index in [2.05, 4.69) is 4.98 Å². The molecule has 1 aliphatic rings. The molecule has 1 amide bonds. The highest BCUT2D eigenvalue weighted by Gasteiger charge is 2.41. The molecule has 2 heterocycles. The lowest BCUT2D eigenvalue weighted by molar-refractivity contribution is 0.0876. The third kappa shape index (κ3) is 5.61. The number of carbonyl (C=O) groups excluding carboxylic acids is 1. The van der Waals surface area contributed by atoms with E-state index in [1.54, 1.807) is 55.8 Å². The number of aromatic nitrogens is 1. The summed E-state index contributed by atoms with van der Waals surface area (Å²) in [6, 6.07) is 14.8. The summed E-state index contributed by atoms with van der Waals surface area (Å²) in [5.74, 6) is -0.514. The molecule has 5 rings (SSSR count). The van der Waals surface area contributed by atoms with Gasteiger partial charge in [0.2, 0.25) is 20.0 Å². The number of hydrogen-bond acceptors (Lipinski definition) is 8. The van der Waals surface area contributed by atoms with Crippen LogP contribution >= 0.6 is 0 Å². The number of fused-ring (bicyclic) bond motifs is 2. The van der Waals surface area contributed by atoms with Crippen LogP contribution in [0.3, 0.4) is 0 Å². The van der Waals surface area contributed by atoms with E-state index >= 15 is 0 Å². The van der Waals surface area contributed by atoms with Gasteiger partial charge in [-0.25, -0.2) is 25.5 Å². The van der Waals surface area contributed by atoms with Crippen molar-refractivity contribution >= 4 is 42.5 Å². The first-order valence-corrected chi connectivity index (χ1v) is 16.4. The van der Waals surface area contributed by atoms with Crippen LogP contribution < -0.4 is 13.8 Å². The summed E-state index contributed by atoms with van der Waals surface area (Å²) in [4.78, 5) is 18.2. The zero-order valence-corrected chi connectivity index (χ0v) is 24.9. The van der Waals surface area contributed by atoms with Gasteiger partial charge in [-0.2, -0.15) is 0 Å². The number of anilines is 1. The minimum absolute atomic E-state index is 0.0119. The summed E-state index contributed by atoms with van der Waals surface area (Å²) in [5, 5.41) is 0.356. The van der Waals surface area contributed by atoms with Gasteiger partial charge in [0.1, 0.15) is 23.7 Å². The molecule has 0 spiro atoms. The second-order valence-electron chi connectivity index (χ2n) is 10.0. The smallest absolute Gasteiger partial charge is 0.271 e. The van der Waals surface area contributed by atoms with E-state index in [9.17, 15) is 26.0 Å². The molecule has 42 heavy (non-hydrogen) atoms. The van der Waals surface area contributed by atoms with Crippen molar-refractivity contribution in [2.45, 2.75) is 19.6 Å². The molecule has 1 aromatic heterocycles. The number of ether oxygens (including phenoxy) is 2. The van der Waals surface area contributed by atoms with Crippen LogP contribution in [0.5, 0.6) is 11.5 Å². The molecule has 0 N–H and O–H groups in total. The van der Waals surface area contributed by atoms with Gasteiger partial charge in [0.05, 0.1) is 37.4 Å². The fourth-order valence-corrected chi connectivity index (χ4v) is 6.17. The van der Waals surface area contributed by atoms with E-state index in [1.807, 2.05) is 0 Å². The van der Waals surface area contributed by atoms with E-state index < -0.39 is 26.0 Å². The third-order valence-electron chi connectivity index (χ3n) is 7.05. The molecule has 3 aromatic carbocycles. The van der Waals surface area contributed by atoms with Crippen LogP contribution in [0.25, 0.3) is 10.9 Å². The molecule has 220 valence electrons. The van der Waals surface area contributed by atoms with Crippen LogP contribution in [0.2, 0.25) is 0 Å². The average molecular weight is 614 g/mol. The van der Waals surface area contributed by atoms with Gasteiger partial charge in [-0.05, 0) is 53.4 Å². The Bertz CT molecular complexity index is 1910. The number of benzene rings is 3. The number of hydrogen-bond donors (Lipinski definition) is 0. The summed E-state index contributed by atoms with van der Waals surface area (Å²) >= 11 is 0. The largest absolute Gasteiger partial charge is 0.497 e. The highest BCUT2D eigenvalue weighted by Crippen LogP contribution is 2.46. The molecule has 0 aliphatic carbocycles. The molecule has 13 heteroatoms. The first-order chi connectivity index (χ1) is 19.8. The molecule has 10 nitrogen and oxygen atoms in total. The van der Waals surface area contributed by atoms with Crippen molar-refractivity contribution in [2.75, 3.05) is 31.0 Å². The van der Waals surface area contributed by atoms with Gasteiger partial charge in [-0.15, -0.1) is 0 Å². The van der Waals surface area contributed by atoms with Gasteiger partial charge >= 0.3 is 0 Å². The third-order valence-corrected chi connectivity index (χ3v) is 9.32. The number of rotatable bonds is 9. The summed E-state index contributed by atoms with van der Waals surface area (Å²) in [7, 11) is -4.98. The molecule has 0 saturated heterocycles. The predicted molar refractivity (Wildman–Crippen MR) is 156 cm³/mol. The lowest BCUT2D eigenvalue weighted by atomic mass is 9.98. The Hall–Kier alpha value is -4.23. The number of sulfonamides is 2. The van der Waals surface area contributed by atoms with Gasteiger partial charge in [-0.3, -0.25) is 14.1 Å². The predicted octanol–water partition coefficient (Wildman–Crippen LogP) is 3.86. The Morgan fingerprint density at radius 2 is 1.62 bits per heavy atom. The Morgan fingerprint density at radius 1 is 0.976 bits per heavy atom. The van der Waals surface area contributed by atoms with Gasteiger partial charge < -0.3 is 9.47 Å². The van der Waals surface area contributed by atoms with E-state index in [-0.39, 0.29) is 47.0 Å². The molecule has 0 unspecified atom stereocenters. The van der Waals surface area contributed by atoms with Crippen LogP contribution in [0.15, 0.2) is 60.8 Å². The van der Waals surface area contributed by atoms with Crippen molar-refractivity contribution in [1.82, 2.24) is 9.29 Å². The van der Waals surface area contributed by atoms with Gasteiger partial charge in [0.25, 0.3) is 5.91 Å². The zero-order chi connectivity index (χ0) is 30.4. The number of carbonyl (C=O) groups is 1. The maximum Gasteiger partial charge on any atom is 0.271 e. The number of methoxy groups -OCH3 is 1. The minimum atomic E-state index is -4.01. The number of halogens is 1. The fraction of sp³-hybridized carbons (Fsp3) is 0.241. The first-order valence-electron chi connectivity index (χ1n) is 12.7. The average Bonchev–Trinajstić information content (AvgIpc) is 3.29. The van der Waals surface area contributed by atoms with Gasteiger partial charge in [-0.1, -0.05) is 24.3 Å². The Labute approximate surface area is 243 Å². The zero-order valence-electron chi connectivity index (χ0n) is 23.3. The quantitative estimate of drug-likeness (QED) is 0.279. The van der Waals surface area contributed by atoms with E-state index in [1.165, 1.54) is 19.2 Å². The number of amides is 1. The van der Waals surface area contributed by atoms with Crippen LogP contribution in [0, 0.1) is 5.82 Å². The summed E-state index contributed by atoms with van der Waals surface area (Å²) < 4.78 is 77.4. The Balaban J connectivity index is 1.73. The molecular formula is C29H28FN3O7S2. The lowest BCUT2D eigenvalue weighted by Gasteiger charge is -2.24. The Morgan fingerprint density at radius 3 is 2.21 bits per heavy atom. The number of pyridine rings is 1. The van der Waals surface area contributed by atoms with Crippen molar-refractivity contribution < 1.29 is 35.5 Å². The van der Waals surface area contributed by atoms with E-state index in [4.69, 9.17) is 9.47 Å². The molecule has 0 bridgehead atoms. The standard InChI is InChI=1S/C29H28FN3O7S2/c1-32(41(3,35)36)27-23-14-20(13-18-5-9-21(30)10-6-18)15-31-26(23)28(40-17-19-7-11-22(39-2)12-8-19)25-24(27)16-33(29(25)34)42(4,37)38/h5-12,14-15H,13,16-17H2,1-4H3.